The maximum atomic E-state index is 12.7. The molecule has 2 N–H and O–H groups in total. The second-order valence-electron chi connectivity index (χ2n) is 5.53. The first-order valence-corrected chi connectivity index (χ1v) is 9.57. The molecule has 0 aliphatic rings. The van der Waals surface area contributed by atoms with Gasteiger partial charge >= 0.3 is 6.03 Å². The van der Waals surface area contributed by atoms with Crippen LogP contribution in [0.15, 0.2) is 47.4 Å². The monoisotopic (exact) mass is 406 g/mol. The largest absolute Gasteiger partial charge is 0.481 e. The molecular weight excluding hydrogens is 392 g/mol. The van der Waals surface area contributed by atoms with Gasteiger partial charge in [-0.25, -0.2) is 22.9 Å². The number of nitrogens with one attached hydrogen (secondary N) is 2. The van der Waals surface area contributed by atoms with Crippen molar-refractivity contribution < 1.29 is 17.9 Å². The van der Waals surface area contributed by atoms with Crippen molar-refractivity contribution in [3.63, 3.8) is 0 Å². The Morgan fingerprint density at radius 1 is 1.15 bits per heavy atom. The van der Waals surface area contributed by atoms with E-state index in [2.05, 4.69) is 15.3 Å². The number of carbonyl (C=O) groups is 1. The molecule has 8 nitrogen and oxygen atoms in total. The Balaban J connectivity index is 1.90. The summed E-state index contributed by atoms with van der Waals surface area (Å²) in [5, 5.41) is 3.36. The number of fused-ring (bicyclic) bond motifs is 1. The van der Waals surface area contributed by atoms with Crippen molar-refractivity contribution >= 4 is 44.4 Å². The molecule has 2 aromatic carbocycles. The van der Waals surface area contributed by atoms with Crippen LogP contribution < -0.4 is 14.8 Å². The number of amides is 2. The van der Waals surface area contributed by atoms with Gasteiger partial charge in [-0.05, 0) is 18.4 Å². The normalized spacial score (nSPS) is 11.2. The van der Waals surface area contributed by atoms with Crippen LogP contribution in [0, 0.1) is 6.92 Å². The predicted molar refractivity (Wildman–Crippen MR) is 102 cm³/mol. The average molecular weight is 407 g/mol. The summed E-state index contributed by atoms with van der Waals surface area (Å²) < 4.78 is 32.4. The number of hydrogen-bond acceptors (Lipinski definition) is 6. The Labute approximate surface area is 160 Å². The lowest BCUT2D eigenvalue weighted by Gasteiger charge is -2.12. The fourth-order valence-electron chi connectivity index (χ4n) is 2.49. The number of halogens is 1. The third-order valence-electron chi connectivity index (χ3n) is 3.59. The lowest BCUT2D eigenvalue weighted by Crippen LogP contribution is -2.35. The lowest BCUT2D eigenvalue weighted by molar-refractivity contribution is 0.256. The van der Waals surface area contributed by atoms with Crippen molar-refractivity contribution in [3.05, 3.63) is 53.2 Å². The molecule has 1 aromatic heterocycles. The first kappa shape index (κ1) is 18.9. The Morgan fingerprint density at radius 2 is 1.89 bits per heavy atom. The minimum Gasteiger partial charge on any atom is -0.481 e. The Hall–Kier alpha value is -2.91. The number of benzene rings is 2. The molecule has 10 heteroatoms. The number of anilines is 1. The van der Waals surface area contributed by atoms with Crippen LogP contribution in [-0.4, -0.2) is 31.5 Å². The molecule has 0 aliphatic heterocycles. The second-order valence-corrected chi connectivity index (χ2v) is 7.56. The van der Waals surface area contributed by atoms with Gasteiger partial charge in [0.25, 0.3) is 10.0 Å². The molecule has 0 saturated carbocycles. The van der Waals surface area contributed by atoms with Gasteiger partial charge in [0.2, 0.25) is 11.8 Å². The van der Waals surface area contributed by atoms with Crippen molar-refractivity contribution in [1.82, 2.24) is 14.7 Å². The van der Waals surface area contributed by atoms with Gasteiger partial charge in [0.15, 0.2) is 0 Å². The van der Waals surface area contributed by atoms with Crippen LogP contribution in [0.3, 0.4) is 0 Å². The highest BCUT2D eigenvalue weighted by Crippen LogP contribution is 2.30. The van der Waals surface area contributed by atoms with Gasteiger partial charge in [0.1, 0.15) is 4.90 Å². The van der Waals surface area contributed by atoms with Gasteiger partial charge in [-0.1, -0.05) is 41.9 Å². The summed E-state index contributed by atoms with van der Waals surface area (Å²) in [5.74, 6) is 0.140. The molecule has 1 heterocycles. The SMILES string of the molecule is COc1cc(C)nc(NC(=O)NS(=O)(=O)c2c(Cl)ccc3ccccc23)n1. The molecule has 140 valence electrons. The highest BCUT2D eigenvalue weighted by atomic mass is 35.5. The molecule has 0 bridgehead atoms. The zero-order chi connectivity index (χ0) is 19.6. The molecule has 0 spiro atoms. The van der Waals surface area contributed by atoms with E-state index in [1.54, 1.807) is 43.3 Å². The molecule has 3 aromatic rings. The van der Waals surface area contributed by atoms with E-state index in [9.17, 15) is 13.2 Å². The fraction of sp³-hybridized carbons (Fsp3) is 0.118. The van der Waals surface area contributed by atoms with Crippen molar-refractivity contribution in [2.24, 2.45) is 0 Å². The number of nitrogens with zero attached hydrogens (tertiary/aromatic N) is 2. The van der Waals surface area contributed by atoms with E-state index in [-0.39, 0.29) is 21.7 Å². The van der Waals surface area contributed by atoms with E-state index < -0.39 is 16.1 Å². The Morgan fingerprint density at radius 3 is 2.63 bits per heavy atom. The smallest absolute Gasteiger partial charge is 0.335 e. The van der Waals surface area contributed by atoms with E-state index in [0.29, 0.717) is 16.5 Å². The van der Waals surface area contributed by atoms with Gasteiger partial charge in [0.05, 0.1) is 12.1 Å². The highest BCUT2D eigenvalue weighted by molar-refractivity contribution is 7.90. The molecule has 27 heavy (non-hydrogen) atoms. The van der Waals surface area contributed by atoms with Crippen LogP contribution in [0.5, 0.6) is 5.88 Å². The van der Waals surface area contributed by atoms with Crippen LogP contribution in [0.4, 0.5) is 10.7 Å². The topological polar surface area (TPSA) is 110 Å². The minimum atomic E-state index is -4.24. The van der Waals surface area contributed by atoms with Crippen molar-refractivity contribution in [1.29, 1.82) is 0 Å². The quantitative estimate of drug-likeness (QED) is 0.688. The summed E-state index contributed by atoms with van der Waals surface area (Å²) in [4.78, 5) is 20.0. The molecule has 0 aliphatic carbocycles. The molecule has 0 unspecified atom stereocenters. The zero-order valence-corrected chi connectivity index (χ0v) is 15.9. The predicted octanol–water partition coefficient (Wildman–Crippen LogP) is 3.11. The standard InChI is InChI=1S/C17H15ClN4O4S/c1-10-9-14(26-2)20-16(19-10)21-17(23)22-27(24,25)15-12-6-4-3-5-11(12)7-8-13(15)18/h3-9H,1-2H3,(H2,19,20,21,22,23). The number of methoxy groups -OCH3 is 1. The number of rotatable bonds is 4. The molecule has 0 atom stereocenters. The third-order valence-corrected chi connectivity index (χ3v) is 5.45. The molecule has 0 saturated heterocycles. The van der Waals surface area contributed by atoms with Crippen LogP contribution >= 0.6 is 11.6 Å². The van der Waals surface area contributed by atoms with E-state index in [4.69, 9.17) is 16.3 Å². The molecule has 3 rings (SSSR count). The zero-order valence-electron chi connectivity index (χ0n) is 14.4. The molecular formula is C17H15ClN4O4S. The maximum Gasteiger partial charge on any atom is 0.335 e. The Bertz CT molecular complexity index is 1130. The summed E-state index contributed by atoms with van der Waals surface area (Å²) in [6.07, 6.45) is 0. The number of urea groups is 1. The number of sulfonamides is 1. The number of aromatic nitrogens is 2. The first-order chi connectivity index (χ1) is 12.8. The van der Waals surface area contributed by atoms with Gasteiger partial charge in [-0.3, -0.25) is 5.32 Å². The second kappa shape index (κ2) is 7.37. The number of hydrogen-bond donors (Lipinski definition) is 2. The summed E-state index contributed by atoms with van der Waals surface area (Å²) in [6, 6.07) is 10.5. The average Bonchev–Trinajstić information content (AvgIpc) is 2.60. The van der Waals surface area contributed by atoms with Crippen LogP contribution in [0.25, 0.3) is 10.8 Å². The number of aryl methyl sites for hydroxylation is 1. The van der Waals surface area contributed by atoms with Crippen LogP contribution in [0.2, 0.25) is 5.02 Å². The number of carbonyl (C=O) groups excluding carboxylic acids is 1. The summed E-state index contributed by atoms with van der Waals surface area (Å²) >= 11 is 6.10. The lowest BCUT2D eigenvalue weighted by atomic mass is 10.1. The Kier molecular flexibility index (Phi) is 5.15. The van der Waals surface area contributed by atoms with Gasteiger partial charge < -0.3 is 4.74 Å². The fourth-order valence-corrected chi connectivity index (χ4v) is 4.16. The third kappa shape index (κ3) is 4.09. The van der Waals surface area contributed by atoms with E-state index in [1.807, 2.05) is 4.72 Å². The van der Waals surface area contributed by atoms with E-state index in [1.165, 1.54) is 13.2 Å². The molecule has 2 amide bonds. The van der Waals surface area contributed by atoms with Crippen molar-refractivity contribution in [2.45, 2.75) is 11.8 Å². The van der Waals surface area contributed by atoms with Gasteiger partial charge in [-0.2, -0.15) is 4.98 Å². The van der Waals surface area contributed by atoms with E-state index >= 15 is 0 Å². The minimum absolute atomic E-state index is 0.00229. The van der Waals surface area contributed by atoms with E-state index in [0.717, 1.165) is 0 Å². The first-order valence-electron chi connectivity index (χ1n) is 7.71. The van der Waals surface area contributed by atoms with Crippen LogP contribution in [0.1, 0.15) is 5.69 Å². The van der Waals surface area contributed by atoms with Crippen molar-refractivity contribution in [3.8, 4) is 5.88 Å². The van der Waals surface area contributed by atoms with Crippen molar-refractivity contribution in [2.75, 3.05) is 12.4 Å². The van der Waals surface area contributed by atoms with Crippen LogP contribution in [-0.2, 0) is 10.0 Å². The molecule has 0 radical (unpaired) electrons. The molecule has 0 fully saturated rings. The summed E-state index contributed by atoms with van der Waals surface area (Å²) in [5.41, 5.74) is 0.539. The maximum absolute atomic E-state index is 12.7. The summed E-state index contributed by atoms with van der Waals surface area (Å²) in [6.45, 7) is 1.68. The highest BCUT2D eigenvalue weighted by Gasteiger charge is 2.24. The number of ether oxygens (including phenoxy) is 1. The van der Waals surface area contributed by atoms with Gasteiger partial charge in [-0.15, -0.1) is 0 Å². The van der Waals surface area contributed by atoms with Gasteiger partial charge in [0, 0.05) is 17.1 Å². The summed E-state index contributed by atoms with van der Waals surface area (Å²) in [7, 11) is -2.83.